The van der Waals surface area contributed by atoms with Crippen LogP contribution in [0.2, 0.25) is 5.02 Å². The first-order valence-corrected chi connectivity index (χ1v) is 5.39. The fraction of sp³-hybridized carbons (Fsp3) is 0.400. The zero-order valence-corrected chi connectivity index (χ0v) is 9.89. The first kappa shape index (κ1) is 11.2. The Hall–Kier alpha value is -1.33. The summed E-state index contributed by atoms with van der Waals surface area (Å²) in [6.45, 7) is 2.76. The molecule has 2 heterocycles. The van der Waals surface area contributed by atoms with Gasteiger partial charge < -0.3 is 5.11 Å². The van der Waals surface area contributed by atoms with Crippen LogP contribution in [0, 0.1) is 0 Å². The molecule has 1 unspecified atom stereocenters. The van der Waals surface area contributed by atoms with Gasteiger partial charge in [-0.05, 0) is 6.92 Å². The molecule has 0 aliphatic rings. The molecule has 0 aromatic carbocycles. The second kappa shape index (κ2) is 4.27. The maximum atomic E-state index is 10.2. The van der Waals surface area contributed by atoms with Crippen molar-refractivity contribution < 1.29 is 5.11 Å². The van der Waals surface area contributed by atoms with Crippen LogP contribution in [0.25, 0.3) is 0 Å². The van der Waals surface area contributed by atoms with E-state index in [1.54, 1.807) is 28.8 Å². The fourth-order valence-electron chi connectivity index (χ4n) is 1.58. The first-order valence-electron chi connectivity index (χ1n) is 5.01. The van der Waals surface area contributed by atoms with Crippen molar-refractivity contribution in [2.45, 2.75) is 19.6 Å². The zero-order valence-electron chi connectivity index (χ0n) is 9.13. The zero-order chi connectivity index (χ0) is 11.7. The van der Waals surface area contributed by atoms with Crippen LogP contribution in [0.5, 0.6) is 0 Å². The molecule has 0 saturated carbocycles. The van der Waals surface area contributed by atoms with Gasteiger partial charge in [0, 0.05) is 25.4 Å². The molecular formula is C10H13ClN4O. The fourth-order valence-corrected chi connectivity index (χ4v) is 1.85. The predicted molar refractivity (Wildman–Crippen MR) is 60.2 cm³/mol. The van der Waals surface area contributed by atoms with Crippen LogP contribution in [0.1, 0.15) is 24.3 Å². The molecule has 16 heavy (non-hydrogen) atoms. The Morgan fingerprint density at radius 1 is 1.44 bits per heavy atom. The van der Waals surface area contributed by atoms with Crippen molar-refractivity contribution in [2.75, 3.05) is 0 Å². The molecule has 0 radical (unpaired) electrons. The Morgan fingerprint density at radius 3 is 2.69 bits per heavy atom. The number of aromatic nitrogens is 4. The van der Waals surface area contributed by atoms with Crippen LogP contribution in [0.15, 0.2) is 18.6 Å². The predicted octanol–water partition coefficient (Wildman–Crippen LogP) is 1.37. The molecule has 0 saturated heterocycles. The monoisotopic (exact) mass is 240 g/mol. The second-order valence-electron chi connectivity index (χ2n) is 3.53. The molecule has 0 fully saturated rings. The molecule has 1 atom stereocenters. The van der Waals surface area contributed by atoms with E-state index in [0.29, 0.717) is 16.3 Å². The highest BCUT2D eigenvalue weighted by Gasteiger charge is 2.19. The Balaban J connectivity index is 2.34. The lowest BCUT2D eigenvalue weighted by Crippen LogP contribution is -2.06. The summed E-state index contributed by atoms with van der Waals surface area (Å²) < 4.78 is 3.32. The first-order chi connectivity index (χ1) is 7.63. The van der Waals surface area contributed by atoms with Crippen molar-refractivity contribution in [3.63, 3.8) is 0 Å². The van der Waals surface area contributed by atoms with Crippen molar-refractivity contribution in [3.05, 3.63) is 34.9 Å². The van der Waals surface area contributed by atoms with Crippen LogP contribution < -0.4 is 0 Å². The average molecular weight is 241 g/mol. The Kier molecular flexibility index (Phi) is 2.98. The lowest BCUT2D eigenvalue weighted by Gasteiger charge is -2.09. The summed E-state index contributed by atoms with van der Waals surface area (Å²) in [6.07, 6.45) is 4.16. The molecule has 86 valence electrons. The molecule has 1 N–H and O–H groups in total. The van der Waals surface area contributed by atoms with E-state index >= 15 is 0 Å². The van der Waals surface area contributed by atoms with Gasteiger partial charge in [-0.15, -0.1) is 0 Å². The van der Waals surface area contributed by atoms with Crippen LogP contribution in [0.4, 0.5) is 0 Å². The summed E-state index contributed by atoms with van der Waals surface area (Å²) in [5.41, 5.74) is 1.30. The minimum absolute atomic E-state index is 0.458. The number of halogens is 1. The summed E-state index contributed by atoms with van der Waals surface area (Å²) in [6, 6.07) is 0. The number of nitrogens with zero attached hydrogens (tertiary/aromatic N) is 4. The van der Waals surface area contributed by atoms with Gasteiger partial charge in [0.05, 0.1) is 23.1 Å². The summed E-state index contributed by atoms with van der Waals surface area (Å²) in [7, 11) is 1.74. The minimum Gasteiger partial charge on any atom is -0.382 e. The average Bonchev–Trinajstić information content (AvgIpc) is 2.85. The van der Waals surface area contributed by atoms with Crippen molar-refractivity contribution in [2.24, 2.45) is 7.05 Å². The largest absolute Gasteiger partial charge is 0.382 e. The lowest BCUT2D eigenvalue weighted by atomic mass is 10.1. The topological polar surface area (TPSA) is 55.9 Å². The van der Waals surface area contributed by atoms with Crippen molar-refractivity contribution in [1.29, 1.82) is 0 Å². The molecule has 0 amide bonds. The standard InChI is InChI=1S/C10H13ClN4O/c1-3-15-6-7(4-13-15)10(16)9-8(11)5-12-14(9)2/h4-6,10,16H,3H2,1-2H3. The molecule has 2 aromatic heterocycles. The third-order valence-electron chi connectivity index (χ3n) is 2.49. The third-order valence-corrected chi connectivity index (χ3v) is 2.78. The molecule has 0 bridgehead atoms. The molecule has 0 spiro atoms. The highest BCUT2D eigenvalue weighted by molar-refractivity contribution is 6.31. The Morgan fingerprint density at radius 2 is 2.19 bits per heavy atom. The van der Waals surface area contributed by atoms with Crippen molar-refractivity contribution in [3.8, 4) is 0 Å². The van der Waals surface area contributed by atoms with E-state index in [4.69, 9.17) is 11.6 Å². The molecule has 5 nitrogen and oxygen atoms in total. The molecular weight excluding hydrogens is 228 g/mol. The van der Waals surface area contributed by atoms with Crippen molar-refractivity contribution >= 4 is 11.6 Å². The third kappa shape index (κ3) is 1.83. The van der Waals surface area contributed by atoms with E-state index in [1.165, 1.54) is 6.20 Å². The van der Waals surface area contributed by atoms with E-state index < -0.39 is 6.10 Å². The SMILES string of the molecule is CCn1cc(C(O)c2c(Cl)cnn2C)cn1. The summed E-state index contributed by atoms with van der Waals surface area (Å²) in [4.78, 5) is 0. The smallest absolute Gasteiger partial charge is 0.125 e. The van der Waals surface area contributed by atoms with E-state index in [0.717, 1.165) is 6.54 Å². The molecule has 2 aromatic rings. The second-order valence-corrected chi connectivity index (χ2v) is 3.94. The van der Waals surface area contributed by atoms with Gasteiger partial charge in [0.2, 0.25) is 0 Å². The van der Waals surface area contributed by atoms with Gasteiger partial charge >= 0.3 is 0 Å². The maximum Gasteiger partial charge on any atom is 0.125 e. The van der Waals surface area contributed by atoms with Crippen LogP contribution in [-0.4, -0.2) is 24.7 Å². The van der Waals surface area contributed by atoms with Gasteiger partial charge in [-0.25, -0.2) is 0 Å². The van der Waals surface area contributed by atoms with Crippen LogP contribution >= 0.6 is 11.6 Å². The molecule has 6 heteroatoms. The van der Waals surface area contributed by atoms with E-state index in [-0.39, 0.29) is 0 Å². The summed E-state index contributed by atoms with van der Waals surface area (Å²) in [5.74, 6) is 0. The van der Waals surface area contributed by atoms with Gasteiger partial charge in [0.1, 0.15) is 6.10 Å². The Bertz CT molecular complexity index is 471. The summed E-state index contributed by atoms with van der Waals surface area (Å²) >= 11 is 5.96. The number of aliphatic hydroxyl groups is 1. The van der Waals surface area contributed by atoms with Gasteiger partial charge in [-0.3, -0.25) is 9.36 Å². The lowest BCUT2D eigenvalue weighted by molar-refractivity contribution is 0.209. The number of aliphatic hydroxyl groups excluding tert-OH is 1. The maximum absolute atomic E-state index is 10.2. The van der Waals surface area contributed by atoms with Crippen LogP contribution in [0.3, 0.4) is 0 Å². The highest BCUT2D eigenvalue weighted by Crippen LogP contribution is 2.27. The number of hydrogen-bond donors (Lipinski definition) is 1. The summed E-state index contributed by atoms with van der Waals surface area (Å²) in [5, 5.41) is 18.7. The van der Waals surface area contributed by atoms with Gasteiger partial charge in [0.25, 0.3) is 0 Å². The van der Waals surface area contributed by atoms with Crippen LogP contribution in [-0.2, 0) is 13.6 Å². The van der Waals surface area contributed by atoms with Crippen molar-refractivity contribution in [1.82, 2.24) is 19.6 Å². The number of hydrogen-bond acceptors (Lipinski definition) is 3. The van der Waals surface area contributed by atoms with Gasteiger partial charge in [-0.2, -0.15) is 10.2 Å². The number of rotatable bonds is 3. The number of aryl methyl sites for hydroxylation is 2. The molecule has 0 aliphatic carbocycles. The molecule has 2 rings (SSSR count). The quantitative estimate of drug-likeness (QED) is 0.882. The van der Waals surface area contributed by atoms with E-state index in [1.807, 2.05) is 6.92 Å². The Labute approximate surface area is 98.3 Å². The normalized spacial score (nSPS) is 13.0. The van der Waals surface area contributed by atoms with E-state index in [2.05, 4.69) is 10.2 Å². The highest BCUT2D eigenvalue weighted by atomic mass is 35.5. The van der Waals surface area contributed by atoms with Gasteiger partial charge in [0.15, 0.2) is 0 Å². The van der Waals surface area contributed by atoms with Gasteiger partial charge in [-0.1, -0.05) is 11.6 Å². The minimum atomic E-state index is -0.791. The molecule has 0 aliphatic heterocycles. The van der Waals surface area contributed by atoms with E-state index in [9.17, 15) is 5.11 Å².